The Morgan fingerprint density at radius 1 is 0.871 bits per heavy atom. The number of hydrogen-bond donors (Lipinski definition) is 0. The number of unbranched alkanes of at least 4 members (excludes halogenated alkanes) is 3. The summed E-state index contributed by atoms with van der Waals surface area (Å²) < 4.78 is 9.17. The first-order chi connectivity index (χ1) is 15.3. The summed E-state index contributed by atoms with van der Waals surface area (Å²) in [6, 6.07) is 14.2. The quantitative estimate of drug-likeness (QED) is 0.396. The minimum absolute atomic E-state index is 0.0404. The van der Waals surface area contributed by atoms with Crippen molar-refractivity contribution in [1.29, 1.82) is 0 Å². The Morgan fingerprint density at radius 2 is 1.65 bits per heavy atom. The van der Waals surface area contributed by atoms with E-state index in [0.717, 1.165) is 57.0 Å². The van der Waals surface area contributed by atoms with Crippen LogP contribution < -0.4 is 10.6 Å². The molecular formula is C23H28N6OS. The van der Waals surface area contributed by atoms with Gasteiger partial charge in [0.1, 0.15) is 5.82 Å². The second-order valence-corrected chi connectivity index (χ2v) is 8.98. The summed E-state index contributed by atoms with van der Waals surface area (Å²) in [5.74, 6) is 1.16. The molecule has 3 aromatic heterocycles. The zero-order chi connectivity index (χ0) is 21.0. The van der Waals surface area contributed by atoms with Crippen LogP contribution >= 0.6 is 11.5 Å². The Balaban J connectivity index is 1.02. The summed E-state index contributed by atoms with van der Waals surface area (Å²) in [7, 11) is 0. The van der Waals surface area contributed by atoms with Gasteiger partial charge in [0, 0.05) is 44.3 Å². The number of aromatic nitrogens is 4. The number of aryl methyl sites for hydroxylation is 1. The Kier molecular flexibility index (Phi) is 5.99. The van der Waals surface area contributed by atoms with Gasteiger partial charge in [-0.25, -0.2) is 9.48 Å². The fourth-order valence-corrected chi connectivity index (χ4v) is 5.14. The summed E-state index contributed by atoms with van der Waals surface area (Å²) >= 11 is 1.60. The minimum atomic E-state index is -0.0404. The summed E-state index contributed by atoms with van der Waals surface area (Å²) in [6.07, 6.45) is 6.30. The summed E-state index contributed by atoms with van der Waals surface area (Å²) in [5.41, 5.74) is 0.679. The molecule has 5 rings (SSSR count). The van der Waals surface area contributed by atoms with E-state index in [4.69, 9.17) is 4.37 Å². The molecule has 0 aliphatic carbocycles. The van der Waals surface area contributed by atoms with Crippen molar-refractivity contribution >= 4 is 33.1 Å². The molecule has 1 aliphatic heterocycles. The third-order valence-electron chi connectivity index (χ3n) is 6.11. The zero-order valence-corrected chi connectivity index (χ0v) is 18.5. The van der Waals surface area contributed by atoms with Gasteiger partial charge in [0.2, 0.25) is 0 Å². The molecule has 1 fully saturated rings. The maximum atomic E-state index is 12.3. The third kappa shape index (κ3) is 4.36. The molecule has 0 saturated carbocycles. The van der Waals surface area contributed by atoms with Gasteiger partial charge in [-0.3, -0.25) is 9.30 Å². The van der Waals surface area contributed by atoms with E-state index in [1.54, 1.807) is 26.8 Å². The number of rotatable bonds is 8. The van der Waals surface area contributed by atoms with Crippen LogP contribution in [0.5, 0.6) is 0 Å². The highest BCUT2D eigenvalue weighted by Gasteiger charge is 2.20. The Bertz CT molecular complexity index is 1200. The summed E-state index contributed by atoms with van der Waals surface area (Å²) in [4.78, 5) is 17.3. The van der Waals surface area contributed by atoms with Crippen molar-refractivity contribution in [3.8, 4) is 0 Å². The second kappa shape index (κ2) is 9.20. The maximum Gasteiger partial charge on any atom is 0.350 e. The molecule has 162 valence electrons. The standard InChI is InChI=1S/C23H28N6OS/c30-23-28-13-8-5-11-21(28)24-29(23)14-7-2-1-6-12-26-15-17-27(18-16-26)22-19-9-3-4-10-20(19)31-25-22/h3-5,8-11,13H,1-2,6-7,12,14-18H2. The topological polar surface area (TPSA) is 58.7 Å². The van der Waals surface area contributed by atoms with Gasteiger partial charge in [0.25, 0.3) is 0 Å². The second-order valence-electron chi connectivity index (χ2n) is 8.18. The van der Waals surface area contributed by atoms with Gasteiger partial charge in [-0.15, -0.1) is 5.10 Å². The van der Waals surface area contributed by atoms with Crippen molar-refractivity contribution in [3.05, 3.63) is 59.1 Å². The number of benzene rings is 1. The molecule has 0 unspecified atom stereocenters. The molecule has 7 nitrogen and oxygen atoms in total. The Morgan fingerprint density at radius 3 is 2.48 bits per heavy atom. The molecule has 0 N–H and O–H groups in total. The van der Waals surface area contributed by atoms with Gasteiger partial charge in [-0.05, 0) is 55.2 Å². The molecule has 1 aromatic carbocycles. The van der Waals surface area contributed by atoms with Crippen LogP contribution in [-0.4, -0.2) is 56.2 Å². The van der Waals surface area contributed by atoms with Crippen molar-refractivity contribution in [2.75, 3.05) is 37.6 Å². The average Bonchev–Trinajstić information content (AvgIpc) is 3.38. The molecule has 0 bridgehead atoms. The van der Waals surface area contributed by atoms with Crippen molar-refractivity contribution in [1.82, 2.24) is 23.5 Å². The van der Waals surface area contributed by atoms with Crippen molar-refractivity contribution in [2.45, 2.75) is 32.2 Å². The first-order valence-corrected chi connectivity index (χ1v) is 11.9. The highest BCUT2D eigenvalue weighted by atomic mass is 32.1. The molecule has 8 heteroatoms. The lowest BCUT2D eigenvalue weighted by Gasteiger charge is -2.35. The highest BCUT2D eigenvalue weighted by Crippen LogP contribution is 2.29. The lowest BCUT2D eigenvalue weighted by molar-refractivity contribution is 0.251. The lowest BCUT2D eigenvalue weighted by atomic mass is 10.1. The molecule has 0 radical (unpaired) electrons. The van der Waals surface area contributed by atoms with Crippen LogP contribution in [-0.2, 0) is 6.54 Å². The first-order valence-electron chi connectivity index (χ1n) is 11.2. The third-order valence-corrected chi connectivity index (χ3v) is 6.93. The monoisotopic (exact) mass is 436 g/mol. The van der Waals surface area contributed by atoms with E-state index in [0.29, 0.717) is 6.54 Å². The van der Waals surface area contributed by atoms with E-state index in [1.165, 1.54) is 22.9 Å². The molecule has 4 aromatic rings. The summed E-state index contributed by atoms with van der Waals surface area (Å²) in [5, 5.41) is 5.68. The number of hydrogen-bond acceptors (Lipinski definition) is 6. The van der Waals surface area contributed by atoms with Crippen molar-refractivity contribution < 1.29 is 0 Å². The van der Waals surface area contributed by atoms with Crippen molar-refractivity contribution in [2.24, 2.45) is 0 Å². The predicted molar refractivity (Wildman–Crippen MR) is 126 cm³/mol. The zero-order valence-electron chi connectivity index (χ0n) is 17.7. The van der Waals surface area contributed by atoms with Gasteiger partial charge in [-0.2, -0.15) is 4.37 Å². The van der Waals surface area contributed by atoms with Gasteiger partial charge in [-0.1, -0.05) is 31.0 Å². The number of nitrogens with zero attached hydrogens (tertiary/aromatic N) is 6. The average molecular weight is 437 g/mol. The molecule has 0 spiro atoms. The highest BCUT2D eigenvalue weighted by molar-refractivity contribution is 7.13. The van der Waals surface area contributed by atoms with Crippen LogP contribution in [0.3, 0.4) is 0 Å². The molecule has 0 atom stereocenters. The van der Waals surface area contributed by atoms with E-state index in [2.05, 4.69) is 39.2 Å². The Hall–Kier alpha value is -2.71. The Labute approximate surface area is 185 Å². The number of anilines is 1. The molecule has 1 aliphatic rings. The van der Waals surface area contributed by atoms with Crippen LogP contribution in [0.1, 0.15) is 25.7 Å². The molecular weight excluding hydrogens is 408 g/mol. The van der Waals surface area contributed by atoms with Gasteiger partial charge in [0.05, 0.1) is 4.70 Å². The molecule has 31 heavy (non-hydrogen) atoms. The maximum absolute atomic E-state index is 12.3. The number of pyridine rings is 1. The van der Waals surface area contributed by atoms with Crippen LogP contribution in [0, 0.1) is 0 Å². The number of fused-ring (bicyclic) bond motifs is 2. The van der Waals surface area contributed by atoms with E-state index in [-0.39, 0.29) is 5.69 Å². The van der Waals surface area contributed by atoms with E-state index < -0.39 is 0 Å². The van der Waals surface area contributed by atoms with Gasteiger partial charge in [0.15, 0.2) is 5.65 Å². The van der Waals surface area contributed by atoms with Crippen LogP contribution in [0.15, 0.2) is 53.5 Å². The van der Waals surface area contributed by atoms with E-state index in [1.807, 2.05) is 18.2 Å². The fourth-order valence-electron chi connectivity index (χ4n) is 4.35. The predicted octanol–water partition coefficient (Wildman–Crippen LogP) is 3.49. The van der Waals surface area contributed by atoms with Crippen LogP contribution in [0.2, 0.25) is 0 Å². The fraction of sp³-hybridized carbons (Fsp3) is 0.435. The number of piperazine rings is 1. The van der Waals surface area contributed by atoms with E-state index in [9.17, 15) is 4.79 Å². The van der Waals surface area contributed by atoms with Crippen LogP contribution in [0.25, 0.3) is 15.7 Å². The van der Waals surface area contributed by atoms with Crippen LogP contribution in [0.4, 0.5) is 5.82 Å². The first kappa shape index (κ1) is 20.2. The smallest absolute Gasteiger partial charge is 0.350 e. The SMILES string of the molecule is O=c1n(CCCCCCN2CCN(c3nsc4ccccc34)CC2)nc2ccccn12. The minimum Gasteiger partial charge on any atom is -0.353 e. The summed E-state index contributed by atoms with van der Waals surface area (Å²) in [6.45, 7) is 6.14. The van der Waals surface area contributed by atoms with Crippen molar-refractivity contribution in [3.63, 3.8) is 0 Å². The lowest BCUT2D eigenvalue weighted by Crippen LogP contribution is -2.46. The largest absolute Gasteiger partial charge is 0.353 e. The molecule has 4 heterocycles. The van der Waals surface area contributed by atoms with Gasteiger partial charge < -0.3 is 4.90 Å². The molecule has 1 saturated heterocycles. The normalized spacial score (nSPS) is 15.3. The molecule has 0 amide bonds. The van der Waals surface area contributed by atoms with E-state index >= 15 is 0 Å². The van der Waals surface area contributed by atoms with Gasteiger partial charge >= 0.3 is 5.69 Å².